The molecule has 1 aromatic rings. The number of nitrogens with zero attached hydrogens (tertiary/aromatic N) is 4. The van der Waals surface area contributed by atoms with Crippen molar-refractivity contribution in [2.45, 2.75) is 31.8 Å². The van der Waals surface area contributed by atoms with Gasteiger partial charge in [0, 0.05) is 57.6 Å². The molecule has 0 radical (unpaired) electrons. The van der Waals surface area contributed by atoms with Crippen LogP contribution in [0.5, 0.6) is 0 Å². The molecule has 0 saturated carbocycles. The van der Waals surface area contributed by atoms with E-state index in [1.54, 1.807) is 17.0 Å². The number of piperazine rings is 1. The fraction of sp³-hybridized carbons (Fsp3) is 0.600. The minimum atomic E-state index is -0.495. The van der Waals surface area contributed by atoms with Crippen molar-refractivity contribution in [3.8, 4) is 0 Å². The normalized spacial score (nSPS) is 22.2. The molecule has 3 aliphatic heterocycles. The molecule has 4 rings (SSSR count). The SMILES string of the molecule is O=C(c1cc(N2CCN(C(=O)C3CCCO3)CC2)ccc1[N+](=O)[O-])N1CCCC1. The fourth-order valence-corrected chi connectivity index (χ4v) is 4.30. The number of rotatable bonds is 4. The van der Waals surface area contributed by atoms with Crippen molar-refractivity contribution in [1.82, 2.24) is 9.80 Å². The second-order valence-corrected chi connectivity index (χ2v) is 7.77. The predicted molar refractivity (Wildman–Crippen MR) is 106 cm³/mol. The first-order valence-electron chi connectivity index (χ1n) is 10.3. The average Bonchev–Trinajstić information content (AvgIpc) is 3.46. The molecule has 9 nitrogen and oxygen atoms in total. The van der Waals surface area contributed by atoms with E-state index in [0.717, 1.165) is 31.4 Å². The van der Waals surface area contributed by atoms with Crippen molar-refractivity contribution in [2.75, 3.05) is 50.8 Å². The Kier molecular flexibility index (Phi) is 5.66. The van der Waals surface area contributed by atoms with Gasteiger partial charge >= 0.3 is 0 Å². The third kappa shape index (κ3) is 4.05. The van der Waals surface area contributed by atoms with Gasteiger partial charge < -0.3 is 19.4 Å². The number of ether oxygens (including phenoxy) is 1. The summed E-state index contributed by atoms with van der Waals surface area (Å²) in [6, 6.07) is 4.75. The first-order chi connectivity index (χ1) is 14.0. The predicted octanol–water partition coefficient (Wildman–Crippen LogP) is 1.66. The summed E-state index contributed by atoms with van der Waals surface area (Å²) in [6.07, 6.45) is 3.25. The number of benzene rings is 1. The quantitative estimate of drug-likeness (QED) is 0.561. The highest BCUT2D eigenvalue weighted by Gasteiger charge is 2.32. The number of amides is 2. The molecule has 1 atom stereocenters. The van der Waals surface area contributed by atoms with Crippen molar-refractivity contribution < 1.29 is 19.2 Å². The summed E-state index contributed by atoms with van der Waals surface area (Å²) in [5.41, 5.74) is 0.771. The second-order valence-electron chi connectivity index (χ2n) is 7.77. The Hall–Kier alpha value is -2.68. The highest BCUT2D eigenvalue weighted by molar-refractivity contribution is 5.99. The van der Waals surface area contributed by atoms with Gasteiger partial charge in [0.25, 0.3) is 17.5 Å². The molecule has 156 valence electrons. The third-order valence-corrected chi connectivity index (χ3v) is 5.96. The zero-order chi connectivity index (χ0) is 20.4. The van der Waals surface area contributed by atoms with Crippen LogP contribution in [0.25, 0.3) is 0 Å². The Morgan fingerprint density at radius 2 is 1.72 bits per heavy atom. The van der Waals surface area contributed by atoms with E-state index >= 15 is 0 Å². The van der Waals surface area contributed by atoms with Crippen molar-refractivity contribution >= 4 is 23.2 Å². The maximum absolute atomic E-state index is 12.8. The Labute approximate surface area is 169 Å². The van der Waals surface area contributed by atoms with E-state index in [2.05, 4.69) is 4.90 Å². The van der Waals surface area contributed by atoms with E-state index in [1.165, 1.54) is 6.07 Å². The van der Waals surface area contributed by atoms with Gasteiger partial charge in [-0.1, -0.05) is 0 Å². The summed E-state index contributed by atoms with van der Waals surface area (Å²) in [7, 11) is 0. The summed E-state index contributed by atoms with van der Waals surface area (Å²) in [5, 5.41) is 11.4. The molecule has 1 unspecified atom stereocenters. The van der Waals surface area contributed by atoms with Gasteiger partial charge in [-0.25, -0.2) is 0 Å². The van der Waals surface area contributed by atoms with Gasteiger partial charge in [-0.15, -0.1) is 0 Å². The van der Waals surface area contributed by atoms with Gasteiger partial charge in [0.1, 0.15) is 11.7 Å². The van der Waals surface area contributed by atoms with Crippen molar-refractivity contribution in [1.29, 1.82) is 0 Å². The molecule has 29 heavy (non-hydrogen) atoms. The first-order valence-corrected chi connectivity index (χ1v) is 10.3. The highest BCUT2D eigenvalue weighted by atomic mass is 16.6. The average molecular weight is 402 g/mol. The third-order valence-electron chi connectivity index (χ3n) is 5.96. The minimum Gasteiger partial charge on any atom is -0.368 e. The van der Waals surface area contributed by atoms with Crippen LogP contribution in [0, 0.1) is 10.1 Å². The number of hydrogen-bond acceptors (Lipinski definition) is 6. The Morgan fingerprint density at radius 1 is 1.00 bits per heavy atom. The van der Waals surface area contributed by atoms with E-state index < -0.39 is 4.92 Å². The van der Waals surface area contributed by atoms with Crippen LogP contribution in [0.4, 0.5) is 11.4 Å². The van der Waals surface area contributed by atoms with Crippen LogP contribution in [-0.2, 0) is 9.53 Å². The number of nitro benzene ring substituents is 1. The number of carbonyl (C=O) groups excluding carboxylic acids is 2. The molecule has 3 saturated heterocycles. The summed E-state index contributed by atoms with van der Waals surface area (Å²) >= 11 is 0. The van der Waals surface area contributed by atoms with Crippen LogP contribution in [0.15, 0.2) is 18.2 Å². The summed E-state index contributed by atoms with van der Waals surface area (Å²) < 4.78 is 5.50. The number of nitro groups is 1. The van der Waals surface area contributed by atoms with E-state index in [0.29, 0.717) is 45.9 Å². The molecule has 2 amide bonds. The Bertz CT molecular complexity index is 794. The highest BCUT2D eigenvalue weighted by Crippen LogP contribution is 2.28. The van der Waals surface area contributed by atoms with E-state index in [9.17, 15) is 19.7 Å². The largest absolute Gasteiger partial charge is 0.368 e. The maximum atomic E-state index is 12.8. The lowest BCUT2D eigenvalue weighted by Gasteiger charge is -2.37. The summed E-state index contributed by atoms with van der Waals surface area (Å²) in [4.78, 5) is 41.9. The van der Waals surface area contributed by atoms with Crippen molar-refractivity contribution in [2.24, 2.45) is 0 Å². The van der Waals surface area contributed by atoms with Crippen LogP contribution < -0.4 is 4.90 Å². The topological polar surface area (TPSA) is 96.2 Å². The van der Waals surface area contributed by atoms with Gasteiger partial charge in [0.15, 0.2) is 0 Å². The van der Waals surface area contributed by atoms with Crippen LogP contribution in [0.1, 0.15) is 36.0 Å². The molecule has 0 bridgehead atoms. The lowest BCUT2D eigenvalue weighted by molar-refractivity contribution is -0.385. The molecule has 0 N–H and O–H groups in total. The first kappa shape index (κ1) is 19.6. The van der Waals surface area contributed by atoms with E-state index in [-0.39, 0.29) is 29.2 Å². The molecule has 3 aliphatic rings. The molecular formula is C20H26N4O5. The molecule has 9 heteroatoms. The number of hydrogen-bond donors (Lipinski definition) is 0. The zero-order valence-corrected chi connectivity index (χ0v) is 16.4. The van der Waals surface area contributed by atoms with Crippen molar-refractivity contribution in [3.63, 3.8) is 0 Å². The number of carbonyl (C=O) groups is 2. The molecule has 3 fully saturated rings. The van der Waals surface area contributed by atoms with Crippen LogP contribution in [-0.4, -0.2) is 78.5 Å². The van der Waals surface area contributed by atoms with Gasteiger partial charge in [-0.3, -0.25) is 19.7 Å². The lowest BCUT2D eigenvalue weighted by atomic mass is 10.1. The molecule has 1 aromatic carbocycles. The van der Waals surface area contributed by atoms with Crippen LogP contribution in [0.2, 0.25) is 0 Å². The smallest absolute Gasteiger partial charge is 0.282 e. The van der Waals surface area contributed by atoms with Gasteiger partial charge in [0.05, 0.1) is 4.92 Å². The molecule has 3 heterocycles. The molecule has 0 aliphatic carbocycles. The fourth-order valence-electron chi connectivity index (χ4n) is 4.30. The molecule has 0 aromatic heterocycles. The zero-order valence-electron chi connectivity index (χ0n) is 16.4. The summed E-state index contributed by atoms with van der Waals surface area (Å²) in [6.45, 7) is 4.32. The van der Waals surface area contributed by atoms with Crippen molar-refractivity contribution in [3.05, 3.63) is 33.9 Å². The van der Waals surface area contributed by atoms with E-state index in [1.807, 2.05) is 4.90 Å². The lowest BCUT2D eigenvalue weighted by Crippen LogP contribution is -2.51. The standard InChI is InChI=1S/C20H26N4O5/c25-19(22-7-1-2-8-22)16-14-15(5-6-17(16)24(27)28)21-9-11-23(12-10-21)20(26)18-4-3-13-29-18/h5-6,14,18H,1-4,7-13H2. The molecule has 0 spiro atoms. The van der Waals surface area contributed by atoms with Crippen LogP contribution >= 0.6 is 0 Å². The molecular weight excluding hydrogens is 376 g/mol. The number of anilines is 1. The Morgan fingerprint density at radius 3 is 2.34 bits per heavy atom. The Balaban J connectivity index is 1.47. The van der Waals surface area contributed by atoms with Gasteiger partial charge in [-0.05, 0) is 37.8 Å². The van der Waals surface area contributed by atoms with Crippen LogP contribution in [0.3, 0.4) is 0 Å². The summed E-state index contributed by atoms with van der Waals surface area (Å²) in [5.74, 6) is -0.223. The van der Waals surface area contributed by atoms with Gasteiger partial charge in [-0.2, -0.15) is 0 Å². The second kappa shape index (κ2) is 8.36. The minimum absolute atomic E-state index is 0.0516. The van der Waals surface area contributed by atoms with Gasteiger partial charge in [0.2, 0.25) is 0 Å². The monoisotopic (exact) mass is 402 g/mol. The maximum Gasteiger partial charge on any atom is 0.282 e. The number of likely N-dealkylation sites (tertiary alicyclic amines) is 1. The van der Waals surface area contributed by atoms with E-state index in [4.69, 9.17) is 4.74 Å².